The molecule has 5 rings (SSSR count). The lowest BCUT2D eigenvalue weighted by Crippen LogP contribution is -2.42. The predicted molar refractivity (Wildman–Crippen MR) is 181 cm³/mol. The summed E-state index contributed by atoms with van der Waals surface area (Å²) in [5, 5.41) is 34.7. The van der Waals surface area contributed by atoms with Gasteiger partial charge in [0.1, 0.15) is 18.1 Å². The first kappa shape index (κ1) is 36.7. The highest BCUT2D eigenvalue weighted by atomic mass is 32.1. The van der Waals surface area contributed by atoms with Crippen molar-refractivity contribution in [1.82, 2.24) is 4.90 Å². The number of ether oxygens (including phenoxy) is 2. The second-order valence-electron chi connectivity index (χ2n) is 11.5. The van der Waals surface area contributed by atoms with Crippen molar-refractivity contribution < 1.29 is 53.9 Å². The fourth-order valence-corrected chi connectivity index (χ4v) is 6.56. The number of carbonyl (C=O) groups is 5. The van der Waals surface area contributed by atoms with Crippen LogP contribution in [0.3, 0.4) is 0 Å². The van der Waals surface area contributed by atoms with Crippen LogP contribution in [0.4, 0.5) is 0 Å². The maximum Gasteiger partial charge on any atom is 0.336 e. The third-order valence-electron chi connectivity index (χ3n) is 7.73. The molecule has 1 fully saturated rings. The first-order chi connectivity index (χ1) is 23.4. The first-order valence-corrected chi connectivity index (χ1v) is 16.4. The van der Waals surface area contributed by atoms with E-state index in [9.17, 15) is 24.0 Å². The molecule has 12 nitrogen and oxygen atoms in total. The number of aliphatic carboxylic acids is 3. The van der Waals surface area contributed by atoms with E-state index in [-0.39, 0.29) is 11.8 Å². The molecule has 1 aromatic heterocycles. The summed E-state index contributed by atoms with van der Waals surface area (Å²) in [6.45, 7) is 5.26. The van der Waals surface area contributed by atoms with Crippen LogP contribution in [-0.2, 0) is 19.2 Å². The Kier molecular flexibility index (Phi) is 12.6. The van der Waals surface area contributed by atoms with Crippen molar-refractivity contribution in [3.8, 4) is 21.9 Å². The third kappa shape index (κ3) is 10.2. The molecule has 0 radical (unpaired) electrons. The molecule has 0 saturated carbocycles. The Bertz CT molecular complexity index is 1780. The molecule has 0 aliphatic carbocycles. The van der Waals surface area contributed by atoms with Gasteiger partial charge in [0, 0.05) is 39.6 Å². The molecule has 13 heteroatoms. The summed E-state index contributed by atoms with van der Waals surface area (Å²) in [4.78, 5) is 58.8. The lowest BCUT2D eigenvalue weighted by atomic mass is 9.96. The molecule has 0 amide bonds. The van der Waals surface area contributed by atoms with E-state index in [4.69, 9.17) is 29.9 Å². The Labute approximate surface area is 286 Å². The number of esters is 1. The van der Waals surface area contributed by atoms with E-state index in [2.05, 4.69) is 4.90 Å². The Morgan fingerprint density at radius 2 is 1.39 bits per heavy atom. The third-order valence-corrected chi connectivity index (χ3v) is 8.95. The predicted octanol–water partition coefficient (Wildman–Crippen LogP) is 5.34. The summed E-state index contributed by atoms with van der Waals surface area (Å²) in [7, 11) is 0. The molecule has 49 heavy (non-hydrogen) atoms. The smallest absolute Gasteiger partial charge is 0.336 e. The van der Waals surface area contributed by atoms with Gasteiger partial charge in [0.05, 0.1) is 12.8 Å². The number of hydrogen-bond acceptors (Lipinski definition) is 10. The SMILES string of the molecule is CC(=O)Oc1ccc(-c2sc3ccccc3c2C(=O)c2ccc(OCCN3CCCCC3)cc2)cc1.O=C(O)CC(O)(CC(=O)O)C(=O)O. The van der Waals surface area contributed by atoms with Gasteiger partial charge in [-0.2, -0.15) is 0 Å². The van der Waals surface area contributed by atoms with E-state index in [0.29, 0.717) is 23.5 Å². The number of carboxylic acid groups (broad SMARTS) is 3. The second-order valence-corrected chi connectivity index (χ2v) is 12.6. The highest BCUT2D eigenvalue weighted by Crippen LogP contribution is 2.40. The molecule has 3 aromatic carbocycles. The van der Waals surface area contributed by atoms with Crippen LogP contribution < -0.4 is 9.47 Å². The molecular formula is C36H37NO11S. The molecule has 1 aliphatic rings. The molecule has 0 bridgehead atoms. The highest BCUT2D eigenvalue weighted by Gasteiger charge is 2.40. The normalized spacial score (nSPS) is 13.2. The van der Waals surface area contributed by atoms with Crippen molar-refractivity contribution in [2.75, 3.05) is 26.2 Å². The van der Waals surface area contributed by atoms with Crippen molar-refractivity contribution in [2.24, 2.45) is 0 Å². The van der Waals surface area contributed by atoms with E-state index < -0.39 is 36.4 Å². The average molecular weight is 692 g/mol. The van der Waals surface area contributed by atoms with Gasteiger partial charge >= 0.3 is 23.9 Å². The number of piperidine rings is 1. The van der Waals surface area contributed by atoms with Crippen LogP contribution in [0.2, 0.25) is 0 Å². The highest BCUT2D eigenvalue weighted by molar-refractivity contribution is 7.22. The van der Waals surface area contributed by atoms with Gasteiger partial charge in [-0.1, -0.05) is 24.6 Å². The summed E-state index contributed by atoms with van der Waals surface area (Å²) < 4.78 is 12.2. The average Bonchev–Trinajstić information content (AvgIpc) is 3.44. The standard InChI is InChI=1S/C30H29NO4S.C6H8O7/c1-21(32)35-25-15-11-23(12-16-25)30-28(26-7-3-4-8-27(26)36-30)29(33)22-9-13-24(14-10-22)34-20-19-31-17-5-2-6-18-31;7-3(8)1-6(13,5(11)12)2-4(9)10/h3-4,7-16H,2,5-6,17-20H2,1H3;13H,1-2H2,(H,7,8)(H,9,10)(H,11,12). The zero-order chi connectivity index (χ0) is 35.6. The fourth-order valence-electron chi connectivity index (χ4n) is 5.35. The molecule has 4 N–H and O–H groups in total. The van der Waals surface area contributed by atoms with Crippen molar-refractivity contribution >= 4 is 51.1 Å². The largest absolute Gasteiger partial charge is 0.492 e. The molecule has 0 spiro atoms. The number of likely N-dealkylation sites (tertiary alicyclic amines) is 1. The van der Waals surface area contributed by atoms with E-state index >= 15 is 0 Å². The molecule has 4 aromatic rings. The van der Waals surface area contributed by atoms with Crippen LogP contribution in [-0.4, -0.2) is 86.8 Å². The number of rotatable bonds is 13. The Balaban J connectivity index is 0.000000355. The number of hydrogen-bond donors (Lipinski definition) is 4. The minimum Gasteiger partial charge on any atom is -0.492 e. The lowest BCUT2D eigenvalue weighted by molar-refractivity contribution is -0.170. The van der Waals surface area contributed by atoms with Crippen LogP contribution in [0.5, 0.6) is 11.5 Å². The van der Waals surface area contributed by atoms with Crippen LogP contribution in [0.15, 0.2) is 72.8 Å². The zero-order valence-electron chi connectivity index (χ0n) is 26.8. The molecule has 0 unspecified atom stereocenters. The lowest BCUT2D eigenvalue weighted by Gasteiger charge is -2.26. The molecule has 1 aliphatic heterocycles. The number of aliphatic hydroxyl groups is 1. The number of carbonyl (C=O) groups excluding carboxylic acids is 2. The van der Waals surface area contributed by atoms with Gasteiger partial charge in [-0.15, -0.1) is 11.3 Å². The van der Waals surface area contributed by atoms with Gasteiger partial charge in [-0.3, -0.25) is 24.1 Å². The number of benzene rings is 3. The Morgan fingerprint density at radius 3 is 1.96 bits per heavy atom. The summed E-state index contributed by atoms with van der Waals surface area (Å²) >= 11 is 1.59. The number of thiophene rings is 1. The van der Waals surface area contributed by atoms with Crippen molar-refractivity contribution in [3.63, 3.8) is 0 Å². The van der Waals surface area contributed by atoms with Crippen LogP contribution in [0.25, 0.3) is 20.5 Å². The second kappa shape index (κ2) is 16.8. The molecule has 1 saturated heterocycles. The van der Waals surface area contributed by atoms with Crippen LogP contribution >= 0.6 is 11.3 Å². The minimum atomic E-state index is -2.74. The van der Waals surface area contributed by atoms with E-state index in [1.54, 1.807) is 23.5 Å². The molecular weight excluding hydrogens is 654 g/mol. The Hall–Kier alpha value is -5.11. The van der Waals surface area contributed by atoms with Gasteiger partial charge in [0.25, 0.3) is 0 Å². The monoisotopic (exact) mass is 691 g/mol. The quantitative estimate of drug-likeness (QED) is 0.0802. The molecule has 2 heterocycles. The van der Waals surface area contributed by atoms with Gasteiger partial charge < -0.3 is 29.9 Å². The Morgan fingerprint density at radius 1 is 0.796 bits per heavy atom. The number of ketones is 1. The number of fused-ring (bicyclic) bond motifs is 1. The van der Waals surface area contributed by atoms with Crippen molar-refractivity contribution in [1.29, 1.82) is 0 Å². The van der Waals surface area contributed by atoms with Crippen LogP contribution in [0.1, 0.15) is 54.9 Å². The van der Waals surface area contributed by atoms with Gasteiger partial charge in [0.2, 0.25) is 0 Å². The van der Waals surface area contributed by atoms with E-state index in [0.717, 1.165) is 45.9 Å². The minimum absolute atomic E-state index is 0.0219. The molecule has 258 valence electrons. The topological polar surface area (TPSA) is 188 Å². The van der Waals surface area contributed by atoms with Crippen LogP contribution in [0, 0.1) is 0 Å². The summed E-state index contributed by atoms with van der Waals surface area (Å²) in [5.41, 5.74) is -0.514. The summed E-state index contributed by atoms with van der Waals surface area (Å²) in [6.07, 6.45) is 1.58. The van der Waals surface area contributed by atoms with E-state index in [1.165, 1.54) is 26.2 Å². The van der Waals surface area contributed by atoms with Gasteiger partial charge in [0.15, 0.2) is 11.4 Å². The number of carboxylic acids is 3. The first-order valence-electron chi connectivity index (χ1n) is 15.6. The maximum atomic E-state index is 13.7. The summed E-state index contributed by atoms with van der Waals surface area (Å²) in [5.74, 6) is -4.14. The maximum absolute atomic E-state index is 13.7. The van der Waals surface area contributed by atoms with Crippen molar-refractivity contribution in [3.05, 3.63) is 83.9 Å². The number of nitrogens with zero attached hydrogens (tertiary/aromatic N) is 1. The van der Waals surface area contributed by atoms with E-state index in [1.807, 2.05) is 60.7 Å². The molecule has 0 atom stereocenters. The van der Waals surface area contributed by atoms with Gasteiger partial charge in [-0.05, 0) is 86.1 Å². The summed E-state index contributed by atoms with van der Waals surface area (Å²) in [6, 6.07) is 22.7. The van der Waals surface area contributed by atoms with Crippen molar-refractivity contribution in [2.45, 2.75) is 44.6 Å². The van der Waals surface area contributed by atoms with Gasteiger partial charge in [-0.25, -0.2) is 4.79 Å². The zero-order valence-corrected chi connectivity index (χ0v) is 27.6. The fraction of sp³-hybridized carbons (Fsp3) is 0.306.